The zero-order valence-corrected chi connectivity index (χ0v) is 18.3. The molecule has 1 heterocycles. The summed E-state index contributed by atoms with van der Waals surface area (Å²) in [5, 5.41) is 2.90. The summed E-state index contributed by atoms with van der Waals surface area (Å²) in [5.74, 6) is -0.966. The maximum Gasteiger partial charge on any atom is 0.336 e. The van der Waals surface area contributed by atoms with Crippen LogP contribution in [0.3, 0.4) is 0 Å². The van der Waals surface area contributed by atoms with Crippen molar-refractivity contribution in [3.63, 3.8) is 0 Å². The number of halogens is 2. The Balaban J connectivity index is 1.89. The van der Waals surface area contributed by atoms with Crippen molar-refractivity contribution >= 4 is 44.3 Å². The Kier molecular flexibility index (Phi) is 8.31. The molecule has 0 saturated heterocycles. The second kappa shape index (κ2) is 10.3. The number of nitrogens with one attached hydrogen (secondary N) is 2. The molecule has 0 atom stereocenters. The van der Waals surface area contributed by atoms with E-state index in [1.54, 1.807) is 25.9 Å². The Morgan fingerprint density at radius 3 is 2.76 bits per heavy atom. The summed E-state index contributed by atoms with van der Waals surface area (Å²) in [6.45, 7) is 1.58. The van der Waals surface area contributed by atoms with Crippen molar-refractivity contribution in [1.82, 2.24) is 14.6 Å². The van der Waals surface area contributed by atoms with Crippen molar-refractivity contribution in [2.24, 2.45) is 0 Å². The summed E-state index contributed by atoms with van der Waals surface area (Å²) in [6.07, 6.45) is 0. The smallest absolute Gasteiger partial charge is 0.336 e. The number of thiazole rings is 1. The fourth-order valence-corrected chi connectivity index (χ4v) is 3.61. The lowest BCUT2D eigenvalue weighted by Gasteiger charge is -2.10. The van der Waals surface area contributed by atoms with Crippen LogP contribution in [0.5, 0.6) is 10.8 Å². The number of anilines is 1. The van der Waals surface area contributed by atoms with Gasteiger partial charge in [-0.3, -0.25) is 10.1 Å². The SMILES string of the molecule is Cc1nc(NC(=O)COS(=O)(=O)NCCN(C)C)sc1Oc1ccc(F)c(Cl)c1. The van der Waals surface area contributed by atoms with Crippen LogP contribution in [-0.4, -0.2) is 58.0 Å². The highest BCUT2D eigenvalue weighted by molar-refractivity contribution is 7.84. The first-order chi connectivity index (χ1) is 13.6. The van der Waals surface area contributed by atoms with Crippen molar-refractivity contribution in [2.75, 3.05) is 39.1 Å². The molecule has 0 radical (unpaired) electrons. The van der Waals surface area contributed by atoms with Crippen molar-refractivity contribution in [2.45, 2.75) is 6.92 Å². The molecule has 2 aromatic rings. The Hall–Kier alpha value is -1.83. The summed E-state index contributed by atoms with van der Waals surface area (Å²) >= 11 is 6.73. The molecule has 13 heteroatoms. The normalized spacial score (nSPS) is 11.7. The summed E-state index contributed by atoms with van der Waals surface area (Å²) < 4.78 is 49.0. The lowest BCUT2D eigenvalue weighted by Crippen LogP contribution is -2.34. The molecule has 160 valence electrons. The van der Waals surface area contributed by atoms with Crippen LogP contribution in [0.1, 0.15) is 5.69 Å². The second-order valence-electron chi connectivity index (χ2n) is 6.03. The number of nitrogens with zero attached hydrogens (tertiary/aromatic N) is 2. The van der Waals surface area contributed by atoms with Gasteiger partial charge in [-0.05, 0) is 33.2 Å². The molecule has 0 fully saturated rings. The van der Waals surface area contributed by atoms with Crippen molar-refractivity contribution < 1.29 is 26.5 Å². The topological polar surface area (TPSA) is 110 Å². The molecule has 9 nitrogen and oxygen atoms in total. The quantitative estimate of drug-likeness (QED) is 0.553. The van der Waals surface area contributed by atoms with Crippen LogP contribution in [0, 0.1) is 12.7 Å². The molecule has 0 aliphatic rings. The molecule has 2 rings (SSSR count). The van der Waals surface area contributed by atoms with Gasteiger partial charge >= 0.3 is 10.3 Å². The zero-order chi connectivity index (χ0) is 21.6. The lowest BCUT2D eigenvalue weighted by atomic mass is 10.3. The van der Waals surface area contributed by atoms with Crippen LogP contribution in [0.4, 0.5) is 9.52 Å². The van der Waals surface area contributed by atoms with E-state index in [0.717, 1.165) is 11.3 Å². The zero-order valence-electron chi connectivity index (χ0n) is 15.9. The minimum Gasteiger partial charge on any atom is -0.445 e. The monoisotopic (exact) mass is 466 g/mol. The van der Waals surface area contributed by atoms with Crippen LogP contribution >= 0.6 is 22.9 Å². The van der Waals surface area contributed by atoms with E-state index in [1.165, 1.54) is 18.2 Å². The number of carbonyl (C=O) groups excluding carboxylic acids is 1. The third-order valence-electron chi connectivity index (χ3n) is 3.29. The molecule has 1 amide bonds. The number of carbonyl (C=O) groups is 1. The minimum atomic E-state index is -4.04. The molecule has 29 heavy (non-hydrogen) atoms. The van der Waals surface area contributed by atoms with Crippen LogP contribution in [0.2, 0.25) is 5.02 Å². The summed E-state index contributed by atoms with van der Waals surface area (Å²) in [7, 11) is -0.452. The molecule has 0 bridgehead atoms. The molecular formula is C16H20ClFN4O5S2. The molecule has 1 aromatic carbocycles. The molecule has 0 saturated carbocycles. The Morgan fingerprint density at radius 2 is 2.10 bits per heavy atom. The Bertz CT molecular complexity index is 968. The van der Waals surface area contributed by atoms with E-state index in [1.807, 2.05) is 0 Å². The molecule has 0 unspecified atom stereocenters. The fraction of sp³-hybridized carbons (Fsp3) is 0.375. The summed E-state index contributed by atoms with van der Waals surface area (Å²) in [6, 6.07) is 3.89. The number of ether oxygens (including phenoxy) is 1. The molecule has 0 aliphatic heterocycles. The Morgan fingerprint density at radius 1 is 1.38 bits per heavy atom. The van der Waals surface area contributed by atoms with Crippen molar-refractivity contribution in [3.05, 3.63) is 34.7 Å². The van der Waals surface area contributed by atoms with Gasteiger partial charge in [0.1, 0.15) is 18.2 Å². The van der Waals surface area contributed by atoms with E-state index < -0.39 is 28.6 Å². The third kappa shape index (κ3) is 7.84. The first-order valence-electron chi connectivity index (χ1n) is 8.24. The maximum absolute atomic E-state index is 13.2. The highest BCUT2D eigenvalue weighted by Crippen LogP contribution is 2.35. The van der Waals surface area contributed by atoms with E-state index >= 15 is 0 Å². The van der Waals surface area contributed by atoms with Gasteiger partial charge in [0.05, 0.1) is 10.7 Å². The molecular weight excluding hydrogens is 447 g/mol. The second-order valence-corrected chi connectivity index (χ2v) is 8.83. The van der Waals surface area contributed by atoms with Gasteiger partial charge in [-0.1, -0.05) is 22.9 Å². The molecule has 2 N–H and O–H groups in total. The van der Waals surface area contributed by atoms with Gasteiger partial charge < -0.3 is 9.64 Å². The van der Waals surface area contributed by atoms with E-state index in [2.05, 4.69) is 19.2 Å². The van der Waals surface area contributed by atoms with Gasteiger partial charge in [0.25, 0.3) is 5.91 Å². The molecule has 0 aliphatic carbocycles. The predicted octanol–water partition coefficient (Wildman–Crippen LogP) is 2.39. The van der Waals surface area contributed by atoms with E-state index in [4.69, 9.17) is 16.3 Å². The number of rotatable bonds is 10. The predicted molar refractivity (Wildman–Crippen MR) is 108 cm³/mol. The van der Waals surface area contributed by atoms with Gasteiger partial charge in [0.15, 0.2) is 5.13 Å². The third-order valence-corrected chi connectivity index (χ3v) is 5.51. The lowest BCUT2D eigenvalue weighted by molar-refractivity contribution is -0.118. The largest absolute Gasteiger partial charge is 0.445 e. The van der Waals surface area contributed by atoms with Gasteiger partial charge in [-0.2, -0.15) is 13.1 Å². The molecule has 0 spiro atoms. The summed E-state index contributed by atoms with van der Waals surface area (Å²) in [5.41, 5.74) is 0.477. The van der Waals surface area contributed by atoms with E-state index in [0.29, 0.717) is 23.1 Å². The number of amides is 1. The number of benzene rings is 1. The maximum atomic E-state index is 13.2. The molecule has 1 aromatic heterocycles. The number of hydrogen-bond acceptors (Lipinski definition) is 8. The van der Waals surface area contributed by atoms with Gasteiger partial charge in [-0.25, -0.2) is 13.6 Å². The van der Waals surface area contributed by atoms with Gasteiger partial charge in [0.2, 0.25) is 5.06 Å². The standard InChI is InChI=1S/C16H20ClFN4O5S2/c1-10-15(27-11-4-5-13(18)12(17)8-11)28-16(20-10)21-14(23)9-26-29(24,25)19-6-7-22(2)3/h4-5,8,19H,6-7,9H2,1-3H3,(H,20,21,23). The van der Waals surface area contributed by atoms with Crippen LogP contribution in [0.15, 0.2) is 18.2 Å². The first-order valence-corrected chi connectivity index (χ1v) is 10.8. The highest BCUT2D eigenvalue weighted by atomic mass is 35.5. The minimum absolute atomic E-state index is 0.0873. The van der Waals surface area contributed by atoms with Crippen LogP contribution < -0.4 is 14.8 Å². The van der Waals surface area contributed by atoms with Crippen LogP contribution in [0.25, 0.3) is 0 Å². The highest BCUT2D eigenvalue weighted by Gasteiger charge is 2.16. The summed E-state index contributed by atoms with van der Waals surface area (Å²) in [4.78, 5) is 17.9. The number of hydrogen-bond donors (Lipinski definition) is 2. The first kappa shape index (κ1) is 23.4. The van der Waals surface area contributed by atoms with E-state index in [9.17, 15) is 17.6 Å². The average molecular weight is 467 g/mol. The number of aromatic nitrogens is 1. The van der Waals surface area contributed by atoms with Crippen LogP contribution in [-0.2, 0) is 19.3 Å². The van der Waals surface area contributed by atoms with Gasteiger partial charge in [-0.15, -0.1) is 0 Å². The number of aryl methyl sites for hydroxylation is 1. The van der Waals surface area contributed by atoms with E-state index in [-0.39, 0.29) is 16.7 Å². The fourth-order valence-electron chi connectivity index (χ4n) is 1.90. The van der Waals surface area contributed by atoms with Crippen molar-refractivity contribution in [1.29, 1.82) is 0 Å². The Labute approximate surface area is 177 Å². The number of likely N-dealkylation sites (N-methyl/N-ethyl adjacent to an activating group) is 1. The van der Waals surface area contributed by atoms with Crippen molar-refractivity contribution in [3.8, 4) is 10.8 Å². The van der Waals surface area contributed by atoms with Gasteiger partial charge in [0, 0.05) is 19.2 Å². The average Bonchev–Trinajstić information content (AvgIpc) is 2.95.